The summed E-state index contributed by atoms with van der Waals surface area (Å²) >= 11 is 0. The van der Waals surface area contributed by atoms with Crippen LogP contribution in [0.4, 0.5) is 4.39 Å². The maximum atomic E-state index is 13.1. The van der Waals surface area contributed by atoms with E-state index in [1.54, 1.807) is 6.07 Å². The van der Waals surface area contributed by atoms with Crippen LogP contribution in [-0.2, 0) is 15.1 Å². The van der Waals surface area contributed by atoms with E-state index in [1.807, 2.05) is 13.0 Å². The van der Waals surface area contributed by atoms with Crippen LogP contribution >= 0.6 is 0 Å². The number of rotatable bonds is 2. The molecule has 1 aromatic rings. The summed E-state index contributed by atoms with van der Waals surface area (Å²) in [6.07, 6.45) is 1.75. The third-order valence-electron chi connectivity index (χ3n) is 2.96. The molecule has 15 heavy (non-hydrogen) atoms. The molecular formula is C12H13FO2. The van der Waals surface area contributed by atoms with E-state index < -0.39 is 5.60 Å². The Bertz CT molecular complexity index is 389. The summed E-state index contributed by atoms with van der Waals surface area (Å²) in [6.45, 7) is 1.95. The van der Waals surface area contributed by atoms with Crippen molar-refractivity contribution in [1.82, 2.24) is 0 Å². The van der Waals surface area contributed by atoms with Gasteiger partial charge in [0.25, 0.3) is 0 Å². The molecule has 0 bridgehead atoms. The SMILES string of the molecule is CCC1(c2cccc(F)c2)CCC(=O)O1. The molecule has 1 aliphatic rings. The van der Waals surface area contributed by atoms with Crippen LogP contribution in [0, 0.1) is 5.82 Å². The molecule has 1 heterocycles. The van der Waals surface area contributed by atoms with Gasteiger partial charge in [-0.1, -0.05) is 19.1 Å². The van der Waals surface area contributed by atoms with Gasteiger partial charge in [0.05, 0.1) is 0 Å². The Kier molecular flexibility index (Phi) is 2.47. The molecule has 0 aromatic heterocycles. The van der Waals surface area contributed by atoms with Crippen molar-refractivity contribution in [2.45, 2.75) is 31.8 Å². The Balaban J connectivity index is 2.38. The molecular weight excluding hydrogens is 195 g/mol. The average molecular weight is 208 g/mol. The lowest BCUT2D eigenvalue weighted by Crippen LogP contribution is -2.24. The molecule has 0 saturated carbocycles. The molecule has 1 saturated heterocycles. The van der Waals surface area contributed by atoms with Crippen molar-refractivity contribution in [3.05, 3.63) is 35.6 Å². The second-order valence-electron chi connectivity index (χ2n) is 3.83. The first kappa shape index (κ1) is 10.1. The molecule has 0 aliphatic carbocycles. The molecule has 2 nitrogen and oxygen atoms in total. The van der Waals surface area contributed by atoms with Gasteiger partial charge in [-0.2, -0.15) is 0 Å². The number of hydrogen-bond acceptors (Lipinski definition) is 2. The van der Waals surface area contributed by atoms with Gasteiger partial charge in [0.1, 0.15) is 11.4 Å². The van der Waals surface area contributed by atoms with E-state index in [0.717, 1.165) is 5.56 Å². The zero-order valence-corrected chi connectivity index (χ0v) is 8.63. The van der Waals surface area contributed by atoms with Crippen LogP contribution in [0.3, 0.4) is 0 Å². The maximum Gasteiger partial charge on any atom is 0.306 e. The normalized spacial score (nSPS) is 25.3. The van der Waals surface area contributed by atoms with Gasteiger partial charge in [0, 0.05) is 12.8 Å². The first-order valence-electron chi connectivity index (χ1n) is 5.14. The third-order valence-corrected chi connectivity index (χ3v) is 2.96. The number of esters is 1. The van der Waals surface area contributed by atoms with Crippen LogP contribution in [0.1, 0.15) is 31.7 Å². The van der Waals surface area contributed by atoms with Gasteiger partial charge in [-0.05, 0) is 24.1 Å². The number of carbonyl (C=O) groups excluding carboxylic acids is 1. The highest BCUT2D eigenvalue weighted by atomic mass is 19.1. The minimum atomic E-state index is -0.598. The summed E-state index contributed by atoms with van der Waals surface area (Å²) in [6, 6.07) is 6.30. The molecule has 0 N–H and O–H groups in total. The fraction of sp³-hybridized carbons (Fsp3) is 0.417. The number of cyclic esters (lactones) is 1. The Morgan fingerprint density at radius 1 is 1.53 bits per heavy atom. The number of carbonyl (C=O) groups is 1. The van der Waals surface area contributed by atoms with Crippen molar-refractivity contribution in [3.63, 3.8) is 0 Å². The van der Waals surface area contributed by atoms with Crippen molar-refractivity contribution < 1.29 is 13.9 Å². The van der Waals surface area contributed by atoms with Crippen molar-refractivity contribution in [2.75, 3.05) is 0 Å². The summed E-state index contributed by atoms with van der Waals surface area (Å²) in [5.41, 5.74) is 0.162. The third kappa shape index (κ3) is 1.74. The lowest BCUT2D eigenvalue weighted by molar-refractivity contribution is -0.149. The lowest BCUT2D eigenvalue weighted by atomic mass is 9.88. The first-order valence-corrected chi connectivity index (χ1v) is 5.14. The lowest BCUT2D eigenvalue weighted by Gasteiger charge is -2.26. The van der Waals surface area contributed by atoms with Gasteiger partial charge in [0.15, 0.2) is 0 Å². The number of halogens is 1. The predicted octanol–water partition coefficient (Wildman–Crippen LogP) is 2.77. The standard InChI is InChI=1S/C12H13FO2/c1-2-12(7-6-11(14)15-12)9-4-3-5-10(13)8-9/h3-5,8H,2,6-7H2,1H3. The van der Waals surface area contributed by atoms with Crippen molar-refractivity contribution in [3.8, 4) is 0 Å². The van der Waals surface area contributed by atoms with Crippen LogP contribution in [0.2, 0.25) is 0 Å². The molecule has 0 spiro atoms. The fourth-order valence-electron chi connectivity index (χ4n) is 2.05. The van der Waals surface area contributed by atoms with Crippen LogP contribution < -0.4 is 0 Å². The van der Waals surface area contributed by atoms with E-state index in [9.17, 15) is 9.18 Å². The topological polar surface area (TPSA) is 26.3 Å². The van der Waals surface area contributed by atoms with E-state index >= 15 is 0 Å². The average Bonchev–Trinajstić information content (AvgIpc) is 2.61. The van der Waals surface area contributed by atoms with Gasteiger partial charge in [-0.25, -0.2) is 4.39 Å². The monoisotopic (exact) mass is 208 g/mol. The van der Waals surface area contributed by atoms with Gasteiger partial charge in [0.2, 0.25) is 0 Å². The minimum Gasteiger partial charge on any atom is -0.454 e. The Morgan fingerprint density at radius 3 is 2.87 bits per heavy atom. The minimum absolute atomic E-state index is 0.193. The van der Waals surface area contributed by atoms with Crippen LogP contribution in [0.25, 0.3) is 0 Å². The van der Waals surface area contributed by atoms with Gasteiger partial charge < -0.3 is 4.74 Å². The van der Waals surface area contributed by atoms with Crippen LogP contribution in [-0.4, -0.2) is 5.97 Å². The molecule has 1 atom stereocenters. The molecule has 1 unspecified atom stereocenters. The van der Waals surface area contributed by atoms with E-state index in [1.165, 1.54) is 12.1 Å². The first-order chi connectivity index (χ1) is 7.16. The smallest absolute Gasteiger partial charge is 0.306 e. The highest BCUT2D eigenvalue weighted by Crippen LogP contribution is 2.39. The molecule has 1 fully saturated rings. The molecule has 0 amide bonds. The van der Waals surface area contributed by atoms with E-state index in [4.69, 9.17) is 4.74 Å². The number of ether oxygens (including phenoxy) is 1. The maximum absolute atomic E-state index is 13.1. The zero-order valence-electron chi connectivity index (χ0n) is 8.63. The van der Waals surface area contributed by atoms with Crippen LogP contribution in [0.5, 0.6) is 0 Å². The van der Waals surface area contributed by atoms with Gasteiger partial charge >= 0.3 is 5.97 Å². The Labute approximate surface area is 88.1 Å². The molecule has 0 radical (unpaired) electrons. The number of benzene rings is 1. The van der Waals surface area contributed by atoms with Gasteiger partial charge in [-0.15, -0.1) is 0 Å². The predicted molar refractivity (Wildman–Crippen MR) is 53.7 cm³/mol. The second kappa shape index (κ2) is 3.65. The summed E-state index contributed by atoms with van der Waals surface area (Å²) in [4.78, 5) is 11.2. The second-order valence-corrected chi connectivity index (χ2v) is 3.83. The van der Waals surface area contributed by atoms with Crippen molar-refractivity contribution in [1.29, 1.82) is 0 Å². The molecule has 2 rings (SSSR count). The summed E-state index contributed by atoms with van der Waals surface area (Å²) in [5, 5.41) is 0. The highest BCUT2D eigenvalue weighted by Gasteiger charge is 2.40. The molecule has 1 aliphatic heterocycles. The van der Waals surface area contributed by atoms with E-state index in [0.29, 0.717) is 19.3 Å². The van der Waals surface area contributed by atoms with Crippen molar-refractivity contribution in [2.24, 2.45) is 0 Å². The molecule has 80 valence electrons. The number of hydrogen-bond donors (Lipinski definition) is 0. The van der Waals surface area contributed by atoms with E-state index in [-0.39, 0.29) is 11.8 Å². The van der Waals surface area contributed by atoms with Gasteiger partial charge in [-0.3, -0.25) is 4.79 Å². The Morgan fingerprint density at radius 2 is 2.33 bits per heavy atom. The highest BCUT2D eigenvalue weighted by molar-refractivity contribution is 5.72. The summed E-state index contributed by atoms with van der Waals surface area (Å²) < 4.78 is 18.4. The van der Waals surface area contributed by atoms with Crippen LogP contribution in [0.15, 0.2) is 24.3 Å². The van der Waals surface area contributed by atoms with E-state index in [2.05, 4.69) is 0 Å². The summed E-state index contributed by atoms with van der Waals surface area (Å²) in [5.74, 6) is -0.482. The molecule has 3 heteroatoms. The zero-order chi connectivity index (χ0) is 10.9. The summed E-state index contributed by atoms with van der Waals surface area (Å²) in [7, 11) is 0. The largest absolute Gasteiger partial charge is 0.454 e. The fourth-order valence-corrected chi connectivity index (χ4v) is 2.05. The molecule has 1 aromatic carbocycles. The van der Waals surface area contributed by atoms with Crippen molar-refractivity contribution >= 4 is 5.97 Å². The quantitative estimate of drug-likeness (QED) is 0.698. The Hall–Kier alpha value is -1.38.